The number of benzene rings is 1. The van der Waals surface area contributed by atoms with E-state index in [1.54, 1.807) is 6.20 Å². The van der Waals surface area contributed by atoms with Gasteiger partial charge in [0.1, 0.15) is 0 Å². The lowest BCUT2D eigenvalue weighted by atomic mass is 10.1. The van der Waals surface area contributed by atoms with Crippen LogP contribution in [0.3, 0.4) is 0 Å². The van der Waals surface area contributed by atoms with E-state index in [9.17, 15) is 9.90 Å². The molecule has 0 saturated carbocycles. The third kappa shape index (κ3) is 5.79. The molecule has 1 saturated heterocycles. The fraction of sp³-hybridized carbons (Fsp3) is 0.292. The quantitative estimate of drug-likeness (QED) is 0.531. The molecular weight excluding hydrogens is 392 g/mol. The van der Waals surface area contributed by atoms with Crippen molar-refractivity contribution in [2.75, 3.05) is 13.2 Å². The van der Waals surface area contributed by atoms with E-state index in [1.807, 2.05) is 24.3 Å². The van der Waals surface area contributed by atoms with Gasteiger partial charge in [0, 0.05) is 42.2 Å². The topological polar surface area (TPSA) is 100 Å². The van der Waals surface area contributed by atoms with Crippen molar-refractivity contribution >= 4 is 0 Å². The zero-order valence-corrected chi connectivity index (χ0v) is 17.1. The Hall–Kier alpha value is -3.47. The average molecular weight is 416 g/mol. The molecule has 1 aromatic carbocycles. The van der Waals surface area contributed by atoms with Gasteiger partial charge >= 0.3 is 0 Å². The van der Waals surface area contributed by atoms with Crippen molar-refractivity contribution in [2.45, 2.75) is 31.8 Å². The van der Waals surface area contributed by atoms with Crippen LogP contribution in [0.1, 0.15) is 34.5 Å². The van der Waals surface area contributed by atoms with Gasteiger partial charge in [-0.25, -0.2) is 4.98 Å². The molecule has 0 aliphatic carbocycles. The van der Waals surface area contributed by atoms with E-state index in [-0.39, 0.29) is 5.75 Å². The number of ether oxygens (including phenoxy) is 1. The standard InChI is InChI=1S/C24H24N4O3/c29-23-22(27-16-28-24(23)30)10-9-20-8-7-19(13-25-20)6-3-17-1-4-18(5-2-17)14-26-21-11-12-31-15-21/h1-2,4-5,7-8,13,16,21,26,29H,9-12,14-15H2,(H,27,28,30). The molecule has 158 valence electrons. The van der Waals surface area contributed by atoms with E-state index >= 15 is 0 Å². The molecule has 3 aromatic rings. The summed E-state index contributed by atoms with van der Waals surface area (Å²) in [6.45, 7) is 2.47. The summed E-state index contributed by atoms with van der Waals surface area (Å²) >= 11 is 0. The highest BCUT2D eigenvalue weighted by Crippen LogP contribution is 2.11. The van der Waals surface area contributed by atoms with Gasteiger partial charge in [0.2, 0.25) is 5.75 Å². The SMILES string of the molecule is O=c1[nH]cnc(CCc2ccc(C#Cc3ccc(CNC4CCOC4)cc3)cn2)c1O. The largest absolute Gasteiger partial charge is 0.502 e. The van der Waals surface area contributed by atoms with Crippen molar-refractivity contribution in [3.63, 3.8) is 0 Å². The minimum absolute atomic E-state index is 0.334. The number of aromatic nitrogens is 3. The molecule has 7 heteroatoms. The molecule has 1 fully saturated rings. The number of H-pyrrole nitrogens is 1. The predicted octanol–water partition coefficient (Wildman–Crippen LogP) is 1.93. The molecule has 1 unspecified atom stereocenters. The highest BCUT2D eigenvalue weighted by molar-refractivity contribution is 5.42. The first-order valence-corrected chi connectivity index (χ1v) is 10.3. The van der Waals surface area contributed by atoms with Crippen LogP contribution in [0.5, 0.6) is 5.75 Å². The minimum Gasteiger partial charge on any atom is -0.502 e. The second-order valence-electron chi connectivity index (χ2n) is 7.45. The smallest absolute Gasteiger partial charge is 0.293 e. The maximum absolute atomic E-state index is 11.4. The summed E-state index contributed by atoms with van der Waals surface area (Å²) in [5.74, 6) is 5.96. The van der Waals surface area contributed by atoms with Crippen LogP contribution < -0.4 is 10.9 Å². The monoisotopic (exact) mass is 416 g/mol. The zero-order chi connectivity index (χ0) is 21.5. The molecule has 3 heterocycles. The highest BCUT2D eigenvalue weighted by atomic mass is 16.5. The summed E-state index contributed by atoms with van der Waals surface area (Å²) in [5, 5.41) is 13.2. The second-order valence-corrected chi connectivity index (χ2v) is 7.45. The van der Waals surface area contributed by atoms with Crippen molar-refractivity contribution in [3.05, 3.63) is 87.4 Å². The van der Waals surface area contributed by atoms with Crippen LogP contribution in [0, 0.1) is 11.8 Å². The summed E-state index contributed by atoms with van der Waals surface area (Å²) in [4.78, 5) is 22.2. The summed E-state index contributed by atoms with van der Waals surface area (Å²) < 4.78 is 5.38. The Bertz CT molecular complexity index is 1120. The van der Waals surface area contributed by atoms with Crippen LogP contribution >= 0.6 is 0 Å². The maximum Gasteiger partial charge on any atom is 0.293 e. The Morgan fingerprint density at radius 3 is 2.65 bits per heavy atom. The van der Waals surface area contributed by atoms with Gasteiger partial charge in [0.05, 0.1) is 18.6 Å². The van der Waals surface area contributed by atoms with Gasteiger partial charge in [-0.2, -0.15) is 0 Å². The number of nitrogens with zero attached hydrogens (tertiary/aromatic N) is 2. The molecule has 1 aliphatic heterocycles. The van der Waals surface area contributed by atoms with E-state index in [1.165, 1.54) is 11.9 Å². The minimum atomic E-state index is -0.531. The summed E-state index contributed by atoms with van der Waals surface area (Å²) in [6.07, 6.45) is 5.09. The van der Waals surface area contributed by atoms with Gasteiger partial charge < -0.3 is 20.1 Å². The molecule has 3 N–H and O–H groups in total. The fourth-order valence-electron chi connectivity index (χ4n) is 3.31. The second kappa shape index (κ2) is 10.0. The summed E-state index contributed by atoms with van der Waals surface area (Å²) in [5.41, 5.74) is 3.68. The third-order valence-corrected chi connectivity index (χ3v) is 5.18. The Morgan fingerprint density at radius 1 is 1.10 bits per heavy atom. The number of rotatable bonds is 6. The number of nitrogens with one attached hydrogen (secondary N) is 2. The Labute approximate surface area is 180 Å². The number of aromatic amines is 1. The highest BCUT2D eigenvalue weighted by Gasteiger charge is 2.14. The summed E-state index contributed by atoms with van der Waals surface area (Å²) in [6, 6.07) is 12.5. The maximum atomic E-state index is 11.4. The Balaban J connectivity index is 1.30. The molecule has 1 atom stereocenters. The van der Waals surface area contributed by atoms with Crippen LogP contribution in [0.15, 0.2) is 53.7 Å². The van der Waals surface area contributed by atoms with Crippen LogP contribution in [-0.2, 0) is 24.1 Å². The van der Waals surface area contributed by atoms with Gasteiger partial charge in [-0.05, 0) is 49.1 Å². The number of hydrogen-bond donors (Lipinski definition) is 3. The van der Waals surface area contributed by atoms with Crippen LogP contribution in [0.2, 0.25) is 0 Å². The van der Waals surface area contributed by atoms with Crippen LogP contribution in [0.25, 0.3) is 0 Å². The molecule has 7 nitrogen and oxygen atoms in total. The molecule has 0 amide bonds. The first-order chi connectivity index (χ1) is 15.2. The fourth-order valence-corrected chi connectivity index (χ4v) is 3.31. The van der Waals surface area contributed by atoms with Gasteiger partial charge in [0.25, 0.3) is 5.56 Å². The van der Waals surface area contributed by atoms with Gasteiger partial charge in [0.15, 0.2) is 0 Å². The van der Waals surface area contributed by atoms with E-state index in [0.29, 0.717) is 24.6 Å². The van der Waals surface area contributed by atoms with E-state index in [2.05, 4.69) is 44.2 Å². The van der Waals surface area contributed by atoms with Gasteiger partial charge in [-0.3, -0.25) is 9.78 Å². The first kappa shape index (κ1) is 20.8. The van der Waals surface area contributed by atoms with Crippen molar-refractivity contribution in [1.29, 1.82) is 0 Å². The van der Waals surface area contributed by atoms with E-state index in [0.717, 1.165) is 43.0 Å². The van der Waals surface area contributed by atoms with Crippen molar-refractivity contribution in [3.8, 4) is 17.6 Å². The molecule has 4 rings (SSSR count). The molecule has 0 spiro atoms. The Kier molecular flexibility index (Phi) is 6.72. The number of pyridine rings is 1. The number of hydrogen-bond acceptors (Lipinski definition) is 6. The van der Waals surface area contributed by atoms with Crippen molar-refractivity contribution in [2.24, 2.45) is 0 Å². The van der Waals surface area contributed by atoms with Gasteiger partial charge in [-0.15, -0.1) is 0 Å². The summed E-state index contributed by atoms with van der Waals surface area (Å²) in [7, 11) is 0. The lowest BCUT2D eigenvalue weighted by Crippen LogP contribution is -2.28. The normalized spacial score (nSPS) is 15.4. The molecule has 31 heavy (non-hydrogen) atoms. The zero-order valence-electron chi connectivity index (χ0n) is 17.1. The van der Waals surface area contributed by atoms with Crippen LogP contribution in [0.4, 0.5) is 0 Å². The lowest BCUT2D eigenvalue weighted by Gasteiger charge is -2.10. The van der Waals surface area contributed by atoms with Crippen molar-refractivity contribution < 1.29 is 9.84 Å². The Morgan fingerprint density at radius 2 is 1.90 bits per heavy atom. The molecule has 2 aromatic heterocycles. The number of aromatic hydroxyl groups is 1. The lowest BCUT2D eigenvalue weighted by molar-refractivity contribution is 0.190. The third-order valence-electron chi connectivity index (χ3n) is 5.18. The van der Waals surface area contributed by atoms with E-state index < -0.39 is 5.56 Å². The average Bonchev–Trinajstić information content (AvgIpc) is 3.32. The predicted molar refractivity (Wildman–Crippen MR) is 117 cm³/mol. The van der Waals surface area contributed by atoms with Gasteiger partial charge in [-0.1, -0.05) is 24.0 Å². The van der Waals surface area contributed by atoms with Crippen LogP contribution in [-0.4, -0.2) is 39.3 Å². The molecular formula is C24H24N4O3. The number of aryl methyl sites for hydroxylation is 2. The first-order valence-electron chi connectivity index (χ1n) is 10.3. The van der Waals surface area contributed by atoms with E-state index in [4.69, 9.17) is 4.74 Å². The van der Waals surface area contributed by atoms with Crippen molar-refractivity contribution in [1.82, 2.24) is 20.3 Å². The molecule has 0 bridgehead atoms. The molecule has 0 radical (unpaired) electrons. The molecule has 1 aliphatic rings.